The Hall–Kier alpha value is -3.41. The highest BCUT2D eigenvalue weighted by molar-refractivity contribution is 5.76. The van der Waals surface area contributed by atoms with Crippen molar-refractivity contribution in [1.82, 2.24) is 10.3 Å². The molecule has 5 nitrogen and oxygen atoms in total. The number of hydrogen-bond donors (Lipinski definition) is 3. The van der Waals surface area contributed by atoms with Crippen LogP contribution in [0.25, 0.3) is 22.4 Å². The Morgan fingerprint density at radius 3 is 2.64 bits per heavy atom. The normalized spacial score (nSPS) is 10.5. The van der Waals surface area contributed by atoms with Crippen molar-refractivity contribution >= 4 is 11.7 Å². The molecule has 1 heterocycles. The lowest BCUT2D eigenvalue weighted by Gasteiger charge is -2.13. The summed E-state index contributed by atoms with van der Waals surface area (Å²) in [5, 5.41) is 16.2. The number of phenolic OH excluding ortho intramolecular Hbond substituents is 1. The highest BCUT2D eigenvalue weighted by Crippen LogP contribution is 2.33. The van der Waals surface area contributed by atoms with Crippen LogP contribution in [0.4, 0.5) is 10.2 Å². The third-order valence-electron chi connectivity index (χ3n) is 4.22. The highest BCUT2D eigenvalue weighted by atomic mass is 19.1. The van der Waals surface area contributed by atoms with Crippen molar-refractivity contribution in [2.75, 3.05) is 18.4 Å². The van der Waals surface area contributed by atoms with Crippen LogP contribution in [0, 0.1) is 12.7 Å². The SMILES string of the molecule is CC(=O)NCCNc1cc(-c2cccc(F)c2)cc(-c2cc(C)ccc2O)n1. The van der Waals surface area contributed by atoms with Crippen LogP contribution in [0.1, 0.15) is 12.5 Å². The molecular formula is C22H22FN3O2. The van der Waals surface area contributed by atoms with Crippen LogP contribution in [0.15, 0.2) is 54.6 Å². The van der Waals surface area contributed by atoms with Crippen molar-refractivity contribution in [3.05, 3.63) is 66.0 Å². The van der Waals surface area contributed by atoms with E-state index in [1.807, 2.05) is 37.3 Å². The van der Waals surface area contributed by atoms with E-state index in [0.29, 0.717) is 35.7 Å². The van der Waals surface area contributed by atoms with E-state index in [2.05, 4.69) is 15.6 Å². The summed E-state index contributed by atoms with van der Waals surface area (Å²) in [6.45, 7) is 4.33. The molecule has 0 spiro atoms. The average molecular weight is 379 g/mol. The first-order chi connectivity index (χ1) is 13.4. The number of aromatic nitrogens is 1. The molecule has 1 aromatic heterocycles. The van der Waals surface area contributed by atoms with Crippen molar-refractivity contribution < 1.29 is 14.3 Å². The van der Waals surface area contributed by atoms with Gasteiger partial charge in [0.15, 0.2) is 0 Å². The number of pyridine rings is 1. The summed E-state index contributed by atoms with van der Waals surface area (Å²) >= 11 is 0. The largest absolute Gasteiger partial charge is 0.507 e. The second-order valence-electron chi connectivity index (χ2n) is 6.57. The molecule has 144 valence electrons. The van der Waals surface area contributed by atoms with Crippen molar-refractivity contribution in [2.45, 2.75) is 13.8 Å². The van der Waals surface area contributed by atoms with Crippen LogP contribution < -0.4 is 10.6 Å². The predicted octanol–water partition coefficient (Wildman–Crippen LogP) is 4.12. The van der Waals surface area contributed by atoms with Crippen molar-refractivity contribution in [1.29, 1.82) is 0 Å². The Morgan fingerprint density at radius 2 is 1.89 bits per heavy atom. The number of benzene rings is 2. The van der Waals surface area contributed by atoms with Gasteiger partial charge in [-0.15, -0.1) is 0 Å². The number of carbonyl (C=O) groups excluding carboxylic acids is 1. The minimum atomic E-state index is -0.325. The lowest BCUT2D eigenvalue weighted by Crippen LogP contribution is -2.26. The van der Waals surface area contributed by atoms with Crippen LogP contribution in [-0.4, -0.2) is 29.1 Å². The Balaban J connectivity index is 2.00. The molecule has 0 atom stereocenters. The molecule has 28 heavy (non-hydrogen) atoms. The van der Waals surface area contributed by atoms with Gasteiger partial charge in [-0.2, -0.15) is 0 Å². The van der Waals surface area contributed by atoms with Crippen molar-refractivity contribution in [3.63, 3.8) is 0 Å². The van der Waals surface area contributed by atoms with E-state index in [1.54, 1.807) is 12.1 Å². The Labute approximate surface area is 163 Å². The number of halogens is 1. The zero-order valence-corrected chi connectivity index (χ0v) is 15.8. The van der Waals surface area contributed by atoms with Gasteiger partial charge in [-0.25, -0.2) is 9.37 Å². The van der Waals surface area contributed by atoms with Crippen LogP contribution >= 0.6 is 0 Å². The summed E-state index contributed by atoms with van der Waals surface area (Å²) in [6, 6.07) is 15.3. The van der Waals surface area contributed by atoms with Crippen molar-refractivity contribution in [3.8, 4) is 28.1 Å². The minimum Gasteiger partial charge on any atom is -0.507 e. The number of aromatic hydroxyl groups is 1. The number of anilines is 1. The molecule has 3 rings (SSSR count). The van der Waals surface area contributed by atoms with E-state index >= 15 is 0 Å². The number of nitrogens with zero attached hydrogens (tertiary/aromatic N) is 1. The second-order valence-corrected chi connectivity index (χ2v) is 6.57. The first kappa shape index (κ1) is 19.4. The van der Waals surface area contributed by atoms with Crippen molar-refractivity contribution in [2.24, 2.45) is 0 Å². The molecule has 0 aliphatic heterocycles. The monoisotopic (exact) mass is 379 g/mol. The molecule has 0 saturated carbocycles. The zero-order valence-electron chi connectivity index (χ0n) is 15.8. The number of rotatable bonds is 6. The summed E-state index contributed by atoms with van der Waals surface area (Å²) in [6.07, 6.45) is 0. The Morgan fingerprint density at radius 1 is 1.07 bits per heavy atom. The molecule has 3 N–H and O–H groups in total. The van der Waals surface area contributed by atoms with Gasteiger partial charge in [0.1, 0.15) is 17.4 Å². The maximum absolute atomic E-state index is 13.7. The molecule has 2 aromatic carbocycles. The molecule has 0 saturated heterocycles. The first-order valence-electron chi connectivity index (χ1n) is 8.99. The highest BCUT2D eigenvalue weighted by Gasteiger charge is 2.11. The second kappa shape index (κ2) is 8.52. The fourth-order valence-corrected chi connectivity index (χ4v) is 2.88. The maximum Gasteiger partial charge on any atom is 0.216 e. The van der Waals surface area contributed by atoms with Gasteiger partial charge in [0.25, 0.3) is 0 Å². The van der Waals surface area contributed by atoms with Crippen LogP contribution in [0.3, 0.4) is 0 Å². The average Bonchev–Trinajstić information content (AvgIpc) is 2.67. The maximum atomic E-state index is 13.7. The Bertz CT molecular complexity index is 1000. The van der Waals surface area contributed by atoms with E-state index < -0.39 is 0 Å². The summed E-state index contributed by atoms with van der Waals surface area (Å²) in [5.74, 6) is 0.268. The Kier molecular flexibility index (Phi) is 5.89. The summed E-state index contributed by atoms with van der Waals surface area (Å²) < 4.78 is 13.7. The first-order valence-corrected chi connectivity index (χ1v) is 8.99. The molecule has 0 aliphatic carbocycles. The van der Waals surface area contributed by atoms with E-state index in [9.17, 15) is 14.3 Å². The molecule has 0 bridgehead atoms. The fraction of sp³-hybridized carbons (Fsp3) is 0.182. The van der Waals surface area contributed by atoms with Crippen LogP contribution in [-0.2, 0) is 4.79 Å². The molecule has 6 heteroatoms. The predicted molar refractivity (Wildman–Crippen MR) is 109 cm³/mol. The van der Waals surface area contributed by atoms with Gasteiger partial charge in [-0.1, -0.05) is 23.8 Å². The fourth-order valence-electron chi connectivity index (χ4n) is 2.88. The van der Waals surface area contributed by atoms with Gasteiger partial charge in [0.05, 0.1) is 5.69 Å². The van der Waals surface area contributed by atoms with Gasteiger partial charge in [0.2, 0.25) is 5.91 Å². The third kappa shape index (κ3) is 4.85. The summed E-state index contributed by atoms with van der Waals surface area (Å²) in [7, 11) is 0. The van der Waals surface area contributed by atoms with Gasteiger partial charge in [-0.05, 0) is 54.4 Å². The zero-order chi connectivity index (χ0) is 20.1. The minimum absolute atomic E-state index is 0.103. The number of nitrogens with one attached hydrogen (secondary N) is 2. The third-order valence-corrected chi connectivity index (χ3v) is 4.22. The molecule has 0 fully saturated rings. The molecule has 3 aromatic rings. The van der Waals surface area contributed by atoms with Gasteiger partial charge >= 0.3 is 0 Å². The molecule has 1 amide bonds. The van der Waals surface area contributed by atoms with E-state index in [1.165, 1.54) is 19.1 Å². The van der Waals surface area contributed by atoms with E-state index in [4.69, 9.17) is 0 Å². The molecule has 0 radical (unpaired) electrons. The lowest BCUT2D eigenvalue weighted by molar-refractivity contribution is -0.118. The topological polar surface area (TPSA) is 74.2 Å². The number of carbonyl (C=O) groups is 1. The number of amides is 1. The summed E-state index contributed by atoms with van der Waals surface area (Å²) in [4.78, 5) is 15.6. The standard InChI is InChI=1S/C22H22FN3O2/c1-14-6-7-21(28)19(10-14)20-12-17(16-4-3-5-18(23)11-16)13-22(26-20)25-9-8-24-15(2)27/h3-7,10-13,28H,8-9H2,1-2H3,(H,24,27)(H,25,26). The number of phenols is 1. The molecular weight excluding hydrogens is 357 g/mol. The lowest BCUT2D eigenvalue weighted by atomic mass is 10.0. The van der Waals surface area contributed by atoms with Gasteiger partial charge in [0, 0.05) is 25.6 Å². The van der Waals surface area contributed by atoms with Crippen LogP contribution in [0.2, 0.25) is 0 Å². The van der Waals surface area contributed by atoms with E-state index in [0.717, 1.165) is 11.1 Å². The number of aryl methyl sites for hydroxylation is 1. The summed E-state index contributed by atoms with van der Waals surface area (Å²) in [5.41, 5.74) is 3.65. The smallest absolute Gasteiger partial charge is 0.216 e. The van der Waals surface area contributed by atoms with E-state index in [-0.39, 0.29) is 17.5 Å². The number of hydrogen-bond acceptors (Lipinski definition) is 4. The quantitative estimate of drug-likeness (QED) is 0.564. The van der Waals surface area contributed by atoms with Gasteiger partial charge < -0.3 is 15.7 Å². The van der Waals surface area contributed by atoms with Gasteiger partial charge in [-0.3, -0.25) is 4.79 Å². The molecule has 0 aliphatic rings. The molecule has 0 unspecified atom stereocenters. The van der Waals surface area contributed by atoms with Crippen LogP contribution in [0.5, 0.6) is 5.75 Å².